The zero-order valence-corrected chi connectivity index (χ0v) is 11.5. The van der Waals surface area contributed by atoms with Gasteiger partial charge in [0.1, 0.15) is 0 Å². The minimum atomic E-state index is -0.167. The number of amides is 1. The number of benzene rings is 1. The Kier molecular flexibility index (Phi) is 3.30. The van der Waals surface area contributed by atoms with Crippen LogP contribution in [0.25, 0.3) is 10.1 Å². The van der Waals surface area contributed by atoms with E-state index in [2.05, 4.69) is 15.3 Å². The second-order valence-electron chi connectivity index (χ2n) is 4.06. The summed E-state index contributed by atoms with van der Waals surface area (Å²) in [7, 11) is 1.49. The highest BCUT2D eigenvalue weighted by atomic mass is 32.1. The lowest BCUT2D eigenvalue weighted by Crippen LogP contribution is -2.10. The number of anilines is 1. The second kappa shape index (κ2) is 5.26. The molecule has 2 heterocycles. The van der Waals surface area contributed by atoms with E-state index in [1.165, 1.54) is 30.8 Å². The quantitative estimate of drug-likeness (QED) is 0.803. The van der Waals surface area contributed by atoms with Crippen molar-refractivity contribution in [3.05, 3.63) is 47.6 Å². The van der Waals surface area contributed by atoms with Crippen molar-refractivity contribution in [2.45, 2.75) is 0 Å². The highest BCUT2D eigenvalue weighted by Gasteiger charge is 2.10. The van der Waals surface area contributed by atoms with Crippen molar-refractivity contribution >= 4 is 33.0 Å². The summed E-state index contributed by atoms with van der Waals surface area (Å²) in [4.78, 5) is 20.7. The molecule has 3 aromatic rings. The van der Waals surface area contributed by atoms with E-state index < -0.39 is 0 Å². The Morgan fingerprint density at radius 3 is 2.70 bits per heavy atom. The van der Waals surface area contributed by atoms with Crippen molar-refractivity contribution in [1.82, 2.24) is 9.97 Å². The molecule has 6 heteroatoms. The molecule has 0 fully saturated rings. The molecule has 0 aliphatic heterocycles. The summed E-state index contributed by atoms with van der Waals surface area (Å²) < 4.78 is 5.95. The number of hydrogen-bond acceptors (Lipinski definition) is 5. The first-order valence-electron chi connectivity index (χ1n) is 5.92. The van der Waals surface area contributed by atoms with Gasteiger partial charge in [0, 0.05) is 4.70 Å². The summed E-state index contributed by atoms with van der Waals surface area (Å²) in [5.74, 6) is -0.167. The summed E-state index contributed by atoms with van der Waals surface area (Å²) in [6.07, 6.45) is 3.02. The fraction of sp³-hybridized carbons (Fsp3) is 0.0714. The van der Waals surface area contributed by atoms with Gasteiger partial charge >= 0.3 is 6.01 Å². The van der Waals surface area contributed by atoms with Crippen LogP contribution in [-0.4, -0.2) is 23.0 Å². The van der Waals surface area contributed by atoms with Crippen LogP contribution in [0.2, 0.25) is 0 Å². The molecule has 1 amide bonds. The second-order valence-corrected chi connectivity index (χ2v) is 5.14. The summed E-state index contributed by atoms with van der Waals surface area (Å²) in [6, 6.07) is 10.0. The molecule has 0 radical (unpaired) electrons. The molecule has 3 rings (SSSR count). The molecular formula is C14H11N3O2S. The van der Waals surface area contributed by atoms with Crippen LogP contribution in [0.15, 0.2) is 42.7 Å². The largest absolute Gasteiger partial charge is 0.467 e. The Labute approximate surface area is 119 Å². The van der Waals surface area contributed by atoms with Crippen LogP contribution < -0.4 is 10.1 Å². The number of thiophene rings is 1. The van der Waals surface area contributed by atoms with Crippen LogP contribution in [0, 0.1) is 0 Å². The van der Waals surface area contributed by atoms with E-state index in [1.54, 1.807) is 0 Å². The fourth-order valence-electron chi connectivity index (χ4n) is 1.77. The van der Waals surface area contributed by atoms with E-state index in [1.807, 2.05) is 30.3 Å². The Hall–Kier alpha value is -2.47. The number of fused-ring (bicyclic) bond motifs is 1. The van der Waals surface area contributed by atoms with Gasteiger partial charge in [-0.2, -0.15) is 0 Å². The molecule has 0 bridgehead atoms. The predicted octanol–water partition coefficient (Wildman–Crippen LogP) is 2.95. The Morgan fingerprint density at radius 1 is 1.25 bits per heavy atom. The van der Waals surface area contributed by atoms with Crippen molar-refractivity contribution in [2.75, 3.05) is 12.4 Å². The van der Waals surface area contributed by atoms with Crippen LogP contribution in [0.5, 0.6) is 6.01 Å². The van der Waals surface area contributed by atoms with E-state index >= 15 is 0 Å². The lowest BCUT2D eigenvalue weighted by molar-refractivity contribution is 0.103. The average Bonchev–Trinajstić information content (AvgIpc) is 2.92. The maximum absolute atomic E-state index is 12.2. The van der Waals surface area contributed by atoms with Gasteiger partial charge in [0.25, 0.3) is 5.91 Å². The predicted molar refractivity (Wildman–Crippen MR) is 78.4 cm³/mol. The Morgan fingerprint density at radius 2 is 2.00 bits per heavy atom. The van der Waals surface area contributed by atoms with Gasteiger partial charge in [0.05, 0.1) is 30.1 Å². The SMILES string of the molecule is COc1ncc(NC(=O)c2cc3ccccc3s2)cn1. The maximum Gasteiger partial charge on any atom is 0.316 e. The molecule has 20 heavy (non-hydrogen) atoms. The number of aromatic nitrogens is 2. The first-order valence-corrected chi connectivity index (χ1v) is 6.74. The normalized spacial score (nSPS) is 10.4. The highest BCUT2D eigenvalue weighted by Crippen LogP contribution is 2.25. The molecule has 0 spiro atoms. The number of methoxy groups -OCH3 is 1. The van der Waals surface area contributed by atoms with Gasteiger partial charge < -0.3 is 10.1 Å². The van der Waals surface area contributed by atoms with E-state index in [0.29, 0.717) is 10.6 Å². The van der Waals surface area contributed by atoms with Gasteiger partial charge in [-0.05, 0) is 17.5 Å². The minimum absolute atomic E-state index is 0.167. The zero-order chi connectivity index (χ0) is 13.9. The van der Waals surface area contributed by atoms with Crippen molar-refractivity contribution in [1.29, 1.82) is 0 Å². The van der Waals surface area contributed by atoms with Gasteiger partial charge in [-0.15, -0.1) is 11.3 Å². The number of hydrogen-bond donors (Lipinski definition) is 1. The van der Waals surface area contributed by atoms with E-state index in [0.717, 1.165) is 10.1 Å². The lowest BCUT2D eigenvalue weighted by atomic mass is 10.2. The molecule has 0 unspecified atom stereocenters. The van der Waals surface area contributed by atoms with Gasteiger partial charge in [0.2, 0.25) is 0 Å². The number of nitrogens with zero attached hydrogens (tertiary/aromatic N) is 2. The molecule has 0 aliphatic carbocycles. The van der Waals surface area contributed by atoms with E-state index in [9.17, 15) is 4.79 Å². The van der Waals surface area contributed by atoms with Gasteiger partial charge in [0.15, 0.2) is 0 Å². The van der Waals surface area contributed by atoms with Crippen LogP contribution in [0.3, 0.4) is 0 Å². The van der Waals surface area contributed by atoms with Crippen molar-refractivity contribution < 1.29 is 9.53 Å². The van der Waals surface area contributed by atoms with Crippen LogP contribution in [-0.2, 0) is 0 Å². The van der Waals surface area contributed by atoms with E-state index in [-0.39, 0.29) is 11.9 Å². The molecule has 0 saturated heterocycles. The molecule has 2 aromatic heterocycles. The molecule has 0 atom stereocenters. The van der Waals surface area contributed by atoms with Gasteiger partial charge in [-0.3, -0.25) is 4.79 Å². The third-order valence-corrected chi connectivity index (χ3v) is 3.83. The molecule has 1 aromatic carbocycles. The third-order valence-electron chi connectivity index (χ3n) is 2.72. The summed E-state index contributed by atoms with van der Waals surface area (Å²) in [5, 5.41) is 3.82. The summed E-state index contributed by atoms with van der Waals surface area (Å²) >= 11 is 1.45. The third kappa shape index (κ3) is 2.46. The monoisotopic (exact) mass is 285 g/mol. The number of nitrogens with one attached hydrogen (secondary N) is 1. The number of rotatable bonds is 3. The average molecular weight is 285 g/mol. The smallest absolute Gasteiger partial charge is 0.316 e. The Bertz CT molecular complexity index is 719. The highest BCUT2D eigenvalue weighted by molar-refractivity contribution is 7.20. The van der Waals surface area contributed by atoms with Crippen molar-refractivity contribution in [2.24, 2.45) is 0 Å². The first-order chi connectivity index (χ1) is 9.76. The molecular weight excluding hydrogens is 274 g/mol. The van der Waals surface area contributed by atoms with E-state index in [4.69, 9.17) is 4.74 Å². The molecule has 100 valence electrons. The molecule has 5 nitrogen and oxygen atoms in total. The fourth-order valence-corrected chi connectivity index (χ4v) is 2.73. The van der Waals surface area contributed by atoms with Crippen LogP contribution in [0.4, 0.5) is 5.69 Å². The van der Waals surface area contributed by atoms with Gasteiger partial charge in [-0.1, -0.05) is 18.2 Å². The van der Waals surface area contributed by atoms with Crippen molar-refractivity contribution in [3.63, 3.8) is 0 Å². The summed E-state index contributed by atoms with van der Waals surface area (Å²) in [5.41, 5.74) is 0.535. The number of carbonyl (C=O) groups is 1. The molecule has 0 saturated carbocycles. The molecule has 1 N–H and O–H groups in total. The Balaban J connectivity index is 1.81. The van der Waals surface area contributed by atoms with Gasteiger partial charge in [-0.25, -0.2) is 9.97 Å². The number of carbonyl (C=O) groups excluding carboxylic acids is 1. The zero-order valence-electron chi connectivity index (χ0n) is 10.7. The maximum atomic E-state index is 12.2. The van der Waals surface area contributed by atoms with Crippen molar-refractivity contribution in [3.8, 4) is 6.01 Å². The molecule has 0 aliphatic rings. The minimum Gasteiger partial charge on any atom is -0.467 e. The topological polar surface area (TPSA) is 64.1 Å². The van der Waals surface area contributed by atoms with Crippen LogP contribution >= 0.6 is 11.3 Å². The van der Waals surface area contributed by atoms with Crippen LogP contribution in [0.1, 0.15) is 9.67 Å². The number of ether oxygens (including phenoxy) is 1. The first kappa shape index (κ1) is 12.6. The standard InChI is InChI=1S/C14H11N3O2S/c1-19-14-15-7-10(8-16-14)17-13(18)12-6-9-4-2-3-5-11(9)20-12/h2-8H,1H3,(H,17,18). The summed E-state index contributed by atoms with van der Waals surface area (Å²) in [6.45, 7) is 0. The lowest BCUT2D eigenvalue weighted by Gasteiger charge is -2.02.